The molecule has 2 unspecified atom stereocenters. The van der Waals surface area contributed by atoms with Crippen molar-refractivity contribution in [2.45, 2.75) is 25.2 Å². The largest absolute Gasteiger partial charge is 0.360 e. The van der Waals surface area contributed by atoms with Crippen molar-refractivity contribution in [3.63, 3.8) is 0 Å². The molecular formula is C18H17NO2. The summed E-state index contributed by atoms with van der Waals surface area (Å²) < 4.78 is 6.34. The van der Waals surface area contributed by atoms with Crippen LogP contribution in [0.25, 0.3) is 0 Å². The van der Waals surface area contributed by atoms with Crippen molar-refractivity contribution in [3.8, 4) is 0 Å². The minimum Gasteiger partial charge on any atom is -0.360 e. The summed E-state index contributed by atoms with van der Waals surface area (Å²) in [5.41, 5.74) is 2.75. The Balaban J connectivity index is 1.92. The molecule has 0 N–H and O–H groups in total. The smallest absolute Gasteiger partial charge is 0.246 e. The molecule has 21 heavy (non-hydrogen) atoms. The van der Waals surface area contributed by atoms with Gasteiger partial charge in [0.15, 0.2) is 0 Å². The first-order chi connectivity index (χ1) is 10.2. The molecule has 0 spiro atoms. The first-order valence-corrected chi connectivity index (χ1v) is 7.21. The maximum Gasteiger partial charge on any atom is 0.246 e. The van der Waals surface area contributed by atoms with Gasteiger partial charge in [-0.3, -0.25) is 0 Å². The van der Waals surface area contributed by atoms with E-state index in [1.807, 2.05) is 50.2 Å². The average molecular weight is 279 g/mol. The highest BCUT2D eigenvalue weighted by Crippen LogP contribution is 2.60. The van der Waals surface area contributed by atoms with E-state index >= 15 is 0 Å². The fraction of sp³-hybridized carbons (Fsp3) is 0.278. The van der Waals surface area contributed by atoms with Crippen LogP contribution in [0.1, 0.15) is 25.0 Å². The molecule has 1 saturated heterocycles. The Hall–Kier alpha value is -2.13. The molecule has 0 radical (unpaired) electrons. The van der Waals surface area contributed by atoms with E-state index in [4.69, 9.17) is 9.57 Å². The van der Waals surface area contributed by atoms with Gasteiger partial charge < -0.3 is 9.57 Å². The summed E-state index contributed by atoms with van der Waals surface area (Å²) in [5.74, 6) is -0.565. The van der Waals surface area contributed by atoms with E-state index in [1.165, 1.54) is 0 Å². The molecule has 0 saturated carbocycles. The summed E-state index contributed by atoms with van der Waals surface area (Å²) in [4.78, 5) is 5.52. The van der Waals surface area contributed by atoms with Gasteiger partial charge in [-0.15, -0.1) is 0 Å². The van der Waals surface area contributed by atoms with Gasteiger partial charge in [-0.2, -0.15) is 0 Å². The standard InChI is InChI=1S/C18H17NO2/c1-13-16-17(2,21-19-13)20-18(16,14-9-5-3-6-10-14)15-11-7-4-8-12-15/h3-12,16H,1-2H3. The normalized spacial score (nSPS) is 29.0. The van der Waals surface area contributed by atoms with Gasteiger partial charge >= 0.3 is 0 Å². The zero-order valence-electron chi connectivity index (χ0n) is 12.1. The lowest BCUT2D eigenvalue weighted by Crippen LogP contribution is -2.66. The van der Waals surface area contributed by atoms with Crippen LogP contribution in [0.5, 0.6) is 0 Å². The Morgan fingerprint density at radius 1 is 0.905 bits per heavy atom. The van der Waals surface area contributed by atoms with Crippen molar-refractivity contribution in [1.29, 1.82) is 0 Å². The molecule has 3 heteroatoms. The number of nitrogens with zero attached hydrogens (tertiary/aromatic N) is 1. The molecule has 2 heterocycles. The van der Waals surface area contributed by atoms with Crippen molar-refractivity contribution in [3.05, 3.63) is 71.8 Å². The van der Waals surface area contributed by atoms with Gasteiger partial charge in [0.1, 0.15) is 11.5 Å². The van der Waals surface area contributed by atoms with E-state index in [0.29, 0.717) is 0 Å². The third-order valence-electron chi connectivity index (χ3n) is 4.49. The third kappa shape index (κ3) is 1.55. The molecule has 0 aromatic heterocycles. The molecule has 3 nitrogen and oxygen atoms in total. The zero-order chi connectivity index (χ0) is 14.5. The van der Waals surface area contributed by atoms with E-state index in [1.54, 1.807) is 0 Å². The average Bonchev–Trinajstić information content (AvgIpc) is 2.75. The molecule has 0 amide bonds. The highest BCUT2D eigenvalue weighted by molar-refractivity contribution is 5.89. The Morgan fingerprint density at radius 2 is 1.43 bits per heavy atom. The van der Waals surface area contributed by atoms with Crippen molar-refractivity contribution in [2.75, 3.05) is 0 Å². The number of benzene rings is 2. The molecule has 2 aliphatic heterocycles. The zero-order valence-corrected chi connectivity index (χ0v) is 12.1. The van der Waals surface area contributed by atoms with Crippen LogP contribution >= 0.6 is 0 Å². The highest BCUT2D eigenvalue weighted by atomic mass is 16.8. The van der Waals surface area contributed by atoms with Gasteiger partial charge in [-0.05, 0) is 18.1 Å². The highest BCUT2D eigenvalue weighted by Gasteiger charge is 2.70. The molecule has 0 bridgehead atoms. The molecule has 2 aliphatic rings. The van der Waals surface area contributed by atoms with Gasteiger partial charge in [-0.1, -0.05) is 65.8 Å². The number of ether oxygens (including phenoxy) is 1. The summed E-state index contributed by atoms with van der Waals surface area (Å²) in [6, 6.07) is 20.6. The predicted molar refractivity (Wildman–Crippen MR) is 80.8 cm³/mol. The second-order valence-electron chi connectivity index (χ2n) is 5.84. The van der Waals surface area contributed by atoms with Crippen LogP contribution in [-0.2, 0) is 15.2 Å². The number of fused-ring (bicyclic) bond motifs is 1. The van der Waals surface area contributed by atoms with Crippen LogP contribution in [-0.4, -0.2) is 11.5 Å². The van der Waals surface area contributed by atoms with Gasteiger partial charge in [0.05, 0.1) is 5.71 Å². The Bertz CT molecular complexity index is 656. The van der Waals surface area contributed by atoms with Gasteiger partial charge in [0.25, 0.3) is 0 Å². The third-order valence-corrected chi connectivity index (χ3v) is 4.49. The minimum absolute atomic E-state index is 0.0924. The van der Waals surface area contributed by atoms with Crippen LogP contribution in [0.3, 0.4) is 0 Å². The molecule has 0 aliphatic carbocycles. The molecule has 2 aromatic carbocycles. The van der Waals surface area contributed by atoms with Crippen molar-refractivity contribution < 1.29 is 9.57 Å². The van der Waals surface area contributed by atoms with E-state index < -0.39 is 11.4 Å². The minimum atomic E-state index is -0.657. The van der Waals surface area contributed by atoms with Crippen molar-refractivity contribution >= 4 is 5.71 Å². The number of oxime groups is 1. The van der Waals surface area contributed by atoms with Gasteiger partial charge in [-0.25, -0.2) is 0 Å². The maximum atomic E-state index is 6.34. The Kier molecular flexibility index (Phi) is 2.51. The lowest BCUT2D eigenvalue weighted by molar-refractivity contribution is -0.381. The molecule has 2 atom stereocenters. The first kappa shape index (κ1) is 12.6. The summed E-state index contributed by atoms with van der Waals surface area (Å²) >= 11 is 0. The second kappa shape index (κ2) is 4.18. The Morgan fingerprint density at radius 3 is 1.90 bits per heavy atom. The monoisotopic (exact) mass is 279 g/mol. The second-order valence-corrected chi connectivity index (χ2v) is 5.84. The number of rotatable bonds is 2. The Labute approximate surface area is 124 Å². The van der Waals surface area contributed by atoms with Crippen LogP contribution < -0.4 is 0 Å². The SMILES string of the molecule is CC1=NOC2(C)OC(c3ccccc3)(c3ccccc3)C12. The summed E-state index contributed by atoms with van der Waals surface area (Å²) in [7, 11) is 0. The lowest BCUT2D eigenvalue weighted by atomic mass is 9.65. The summed E-state index contributed by atoms with van der Waals surface area (Å²) in [6.45, 7) is 3.97. The van der Waals surface area contributed by atoms with Crippen LogP contribution in [0.2, 0.25) is 0 Å². The predicted octanol–water partition coefficient (Wildman–Crippen LogP) is 3.70. The van der Waals surface area contributed by atoms with Crippen molar-refractivity contribution in [1.82, 2.24) is 0 Å². The van der Waals surface area contributed by atoms with E-state index in [2.05, 4.69) is 29.4 Å². The van der Waals surface area contributed by atoms with Crippen LogP contribution in [0.15, 0.2) is 65.8 Å². The van der Waals surface area contributed by atoms with Gasteiger partial charge in [0, 0.05) is 6.92 Å². The van der Waals surface area contributed by atoms with Gasteiger partial charge in [0.2, 0.25) is 5.79 Å². The quantitative estimate of drug-likeness (QED) is 0.839. The number of hydrogen-bond acceptors (Lipinski definition) is 3. The van der Waals surface area contributed by atoms with E-state index in [-0.39, 0.29) is 5.92 Å². The maximum absolute atomic E-state index is 6.34. The molecular weight excluding hydrogens is 262 g/mol. The first-order valence-electron chi connectivity index (χ1n) is 7.21. The van der Waals surface area contributed by atoms with E-state index in [0.717, 1.165) is 16.8 Å². The van der Waals surface area contributed by atoms with E-state index in [9.17, 15) is 0 Å². The fourth-order valence-electron chi connectivity index (χ4n) is 3.70. The summed E-state index contributed by atoms with van der Waals surface area (Å²) in [5, 5.41) is 4.17. The van der Waals surface area contributed by atoms with Crippen LogP contribution in [0, 0.1) is 5.92 Å². The topological polar surface area (TPSA) is 30.8 Å². The molecule has 4 rings (SSSR count). The van der Waals surface area contributed by atoms with Crippen LogP contribution in [0.4, 0.5) is 0 Å². The summed E-state index contributed by atoms with van der Waals surface area (Å²) in [6.07, 6.45) is 0. The lowest BCUT2D eigenvalue weighted by Gasteiger charge is -2.56. The molecule has 1 fully saturated rings. The number of hydrogen-bond donors (Lipinski definition) is 0. The molecule has 106 valence electrons. The molecule has 2 aromatic rings. The van der Waals surface area contributed by atoms with Crippen molar-refractivity contribution in [2.24, 2.45) is 11.1 Å². The fourth-order valence-corrected chi connectivity index (χ4v) is 3.70.